The van der Waals surface area contributed by atoms with Gasteiger partial charge in [0.25, 0.3) is 0 Å². The van der Waals surface area contributed by atoms with E-state index in [-0.39, 0.29) is 5.41 Å². The molecule has 0 aromatic carbocycles. The van der Waals surface area contributed by atoms with E-state index in [9.17, 15) is 15.3 Å². The Balaban J connectivity index is 2.34. The van der Waals surface area contributed by atoms with Crippen LogP contribution in [0.1, 0.15) is 34.1 Å². The fraction of sp³-hybridized carbons (Fsp3) is 0.846. The maximum absolute atomic E-state index is 10.0. The number of hydrogen-bond donors (Lipinski definition) is 3. The van der Waals surface area contributed by atoms with Crippen LogP contribution in [-0.2, 0) is 4.74 Å². The van der Waals surface area contributed by atoms with Gasteiger partial charge in [-0.2, -0.15) is 0 Å². The van der Waals surface area contributed by atoms with Crippen LogP contribution in [0.3, 0.4) is 0 Å². The van der Waals surface area contributed by atoms with Gasteiger partial charge in [-0.25, -0.2) is 0 Å². The Bertz CT molecular complexity index is 349. The van der Waals surface area contributed by atoms with Gasteiger partial charge >= 0.3 is 0 Å². The second kappa shape index (κ2) is 3.54. The number of fused-ring (bicyclic) bond motifs is 1. The highest BCUT2D eigenvalue weighted by molar-refractivity contribution is 5.34. The fourth-order valence-electron chi connectivity index (χ4n) is 3.25. The molecule has 0 bridgehead atoms. The van der Waals surface area contributed by atoms with E-state index in [1.807, 2.05) is 26.8 Å². The Morgan fingerprint density at radius 3 is 2.41 bits per heavy atom. The van der Waals surface area contributed by atoms with E-state index in [0.717, 1.165) is 0 Å². The Morgan fingerprint density at radius 2 is 1.88 bits per heavy atom. The van der Waals surface area contributed by atoms with Crippen LogP contribution in [0.25, 0.3) is 0 Å². The summed E-state index contributed by atoms with van der Waals surface area (Å²) >= 11 is 0. The van der Waals surface area contributed by atoms with Crippen molar-refractivity contribution < 1.29 is 20.1 Å². The summed E-state index contributed by atoms with van der Waals surface area (Å²) in [7, 11) is 0. The summed E-state index contributed by atoms with van der Waals surface area (Å²) in [4.78, 5) is 0. The highest BCUT2D eigenvalue weighted by Gasteiger charge is 2.78. The third-order valence-corrected chi connectivity index (χ3v) is 4.33. The van der Waals surface area contributed by atoms with Crippen molar-refractivity contribution in [2.24, 2.45) is 5.41 Å². The van der Waals surface area contributed by atoms with Crippen molar-refractivity contribution in [1.82, 2.24) is 0 Å². The van der Waals surface area contributed by atoms with Crippen LogP contribution >= 0.6 is 0 Å². The average Bonchev–Trinajstić information content (AvgIpc) is 2.82. The van der Waals surface area contributed by atoms with Crippen molar-refractivity contribution >= 4 is 0 Å². The molecule has 5 atom stereocenters. The largest absolute Gasteiger partial charge is 0.390 e. The predicted octanol–water partition coefficient (Wildman–Crippen LogP) is 0.603. The summed E-state index contributed by atoms with van der Waals surface area (Å²) in [6, 6.07) is 0. The Morgan fingerprint density at radius 1 is 1.29 bits per heavy atom. The number of aliphatic hydroxyl groups is 3. The first kappa shape index (κ1) is 13.0. The smallest absolute Gasteiger partial charge is 0.128 e. The van der Waals surface area contributed by atoms with Gasteiger partial charge in [-0.3, -0.25) is 0 Å². The van der Waals surface area contributed by atoms with Crippen LogP contribution in [0.15, 0.2) is 12.2 Å². The van der Waals surface area contributed by atoms with Crippen molar-refractivity contribution in [3.63, 3.8) is 0 Å². The molecule has 1 saturated carbocycles. The summed E-state index contributed by atoms with van der Waals surface area (Å²) in [5, 5.41) is 29.2. The van der Waals surface area contributed by atoms with Crippen molar-refractivity contribution in [3.05, 3.63) is 12.2 Å². The van der Waals surface area contributed by atoms with Gasteiger partial charge in [-0.05, 0) is 20.3 Å². The third-order valence-electron chi connectivity index (χ3n) is 4.33. The molecule has 3 N–H and O–H groups in total. The highest BCUT2D eigenvalue weighted by atomic mass is 16.6. The first-order valence-corrected chi connectivity index (χ1v) is 6.10. The average molecular weight is 242 g/mol. The summed E-state index contributed by atoms with van der Waals surface area (Å²) in [6.45, 7) is 7.52. The molecule has 2 fully saturated rings. The lowest BCUT2D eigenvalue weighted by molar-refractivity contribution is -0.0603. The Labute approximate surface area is 102 Å². The standard InChI is InChI=1S/C13H22O4/c1-8(14)5-6-13-11(2,3)7-9(15)10(16)12(13,4)17-13/h5-6,8-10,14-16H,7H2,1-4H3/b6-5+/t8-,9-,10-,12+,13-/m0/s1. The molecule has 0 amide bonds. The minimum Gasteiger partial charge on any atom is -0.390 e. The first-order valence-electron chi connectivity index (χ1n) is 6.10. The van der Waals surface area contributed by atoms with E-state index in [1.165, 1.54) is 0 Å². The predicted molar refractivity (Wildman–Crippen MR) is 63.5 cm³/mol. The lowest BCUT2D eigenvalue weighted by Gasteiger charge is -2.41. The zero-order chi connectivity index (χ0) is 13.1. The van der Waals surface area contributed by atoms with Gasteiger partial charge in [-0.15, -0.1) is 0 Å². The number of ether oxygens (including phenoxy) is 1. The molecule has 2 rings (SSSR count). The minimum atomic E-state index is -0.880. The molecule has 0 aromatic heterocycles. The van der Waals surface area contributed by atoms with Crippen LogP contribution in [0.2, 0.25) is 0 Å². The molecule has 17 heavy (non-hydrogen) atoms. The topological polar surface area (TPSA) is 73.2 Å². The Kier molecular flexibility index (Phi) is 2.71. The molecule has 1 heterocycles. The van der Waals surface area contributed by atoms with Crippen LogP contribution in [0.4, 0.5) is 0 Å². The molecule has 1 saturated heterocycles. The van der Waals surface area contributed by atoms with Gasteiger partial charge in [0.15, 0.2) is 0 Å². The molecule has 1 aliphatic heterocycles. The normalized spacial score (nSPS) is 50.1. The lowest BCUT2D eigenvalue weighted by atomic mass is 9.62. The van der Waals surface area contributed by atoms with Crippen LogP contribution in [0.5, 0.6) is 0 Å². The second-order valence-electron chi connectivity index (χ2n) is 6.14. The van der Waals surface area contributed by atoms with E-state index in [4.69, 9.17) is 4.74 Å². The second-order valence-corrected chi connectivity index (χ2v) is 6.14. The fourth-order valence-corrected chi connectivity index (χ4v) is 3.25. The van der Waals surface area contributed by atoms with E-state index in [2.05, 4.69) is 0 Å². The number of aliphatic hydroxyl groups excluding tert-OH is 3. The number of hydrogen-bond acceptors (Lipinski definition) is 4. The highest BCUT2D eigenvalue weighted by Crippen LogP contribution is 2.65. The summed E-state index contributed by atoms with van der Waals surface area (Å²) in [6.07, 6.45) is 1.82. The van der Waals surface area contributed by atoms with E-state index >= 15 is 0 Å². The number of epoxide rings is 1. The number of rotatable bonds is 2. The SMILES string of the molecule is C[C@H](O)/C=C/[C@@]12O[C@]1(C)[C@@H](O)[C@@H](O)CC2(C)C. The van der Waals surface area contributed by atoms with Crippen LogP contribution in [0, 0.1) is 5.41 Å². The molecule has 2 aliphatic rings. The Hall–Kier alpha value is -0.420. The molecule has 98 valence electrons. The van der Waals surface area contributed by atoms with E-state index < -0.39 is 29.5 Å². The molecular formula is C13H22O4. The maximum atomic E-state index is 10.0. The quantitative estimate of drug-likeness (QED) is 0.490. The molecule has 0 unspecified atom stereocenters. The van der Waals surface area contributed by atoms with Gasteiger partial charge in [0.05, 0.1) is 12.2 Å². The third kappa shape index (κ3) is 1.58. The van der Waals surface area contributed by atoms with Gasteiger partial charge in [0.1, 0.15) is 17.3 Å². The van der Waals surface area contributed by atoms with Gasteiger partial charge in [0, 0.05) is 5.41 Å². The monoisotopic (exact) mass is 242 g/mol. The van der Waals surface area contributed by atoms with E-state index in [1.54, 1.807) is 13.0 Å². The summed E-state index contributed by atoms with van der Waals surface area (Å²) in [5.41, 5.74) is -1.61. The molecule has 4 nitrogen and oxygen atoms in total. The molecule has 4 heteroatoms. The molecule has 1 aliphatic carbocycles. The molecule has 0 aromatic rings. The summed E-state index contributed by atoms with van der Waals surface area (Å²) in [5.74, 6) is 0. The molecule has 0 radical (unpaired) electrons. The van der Waals surface area contributed by atoms with Gasteiger partial charge < -0.3 is 20.1 Å². The minimum absolute atomic E-state index is 0.272. The van der Waals surface area contributed by atoms with Crippen molar-refractivity contribution in [2.75, 3.05) is 0 Å². The van der Waals surface area contributed by atoms with E-state index in [0.29, 0.717) is 6.42 Å². The van der Waals surface area contributed by atoms with Gasteiger partial charge in [-0.1, -0.05) is 26.0 Å². The zero-order valence-electron chi connectivity index (χ0n) is 10.8. The first-order chi connectivity index (χ1) is 7.66. The van der Waals surface area contributed by atoms with Crippen LogP contribution in [-0.4, -0.2) is 44.8 Å². The molecular weight excluding hydrogens is 220 g/mol. The van der Waals surface area contributed by atoms with Crippen molar-refractivity contribution in [3.8, 4) is 0 Å². The van der Waals surface area contributed by atoms with Crippen LogP contribution < -0.4 is 0 Å². The lowest BCUT2D eigenvalue weighted by Crippen LogP contribution is -2.55. The maximum Gasteiger partial charge on any atom is 0.128 e. The zero-order valence-corrected chi connectivity index (χ0v) is 10.8. The molecule has 0 spiro atoms. The van der Waals surface area contributed by atoms with Crippen molar-refractivity contribution in [2.45, 2.75) is 63.6 Å². The summed E-state index contributed by atoms with van der Waals surface area (Å²) < 4.78 is 5.79. The van der Waals surface area contributed by atoms with Crippen molar-refractivity contribution in [1.29, 1.82) is 0 Å². The van der Waals surface area contributed by atoms with Gasteiger partial charge in [0.2, 0.25) is 0 Å².